The SMILES string of the molecule is CN(C)C(C)(C)C(O)C1CCCCCC1. The largest absolute Gasteiger partial charge is 0.391 e. The zero-order chi connectivity index (χ0) is 11.5. The lowest BCUT2D eigenvalue weighted by Crippen LogP contribution is -2.51. The molecule has 2 heteroatoms. The van der Waals surface area contributed by atoms with E-state index in [1.807, 2.05) is 0 Å². The molecule has 1 aliphatic carbocycles. The molecule has 0 aromatic heterocycles. The van der Waals surface area contributed by atoms with Crippen LogP contribution in [0.25, 0.3) is 0 Å². The molecular weight excluding hydrogens is 186 g/mol. The van der Waals surface area contributed by atoms with Gasteiger partial charge in [-0.1, -0.05) is 25.7 Å². The molecule has 0 spiro atoms. The fourth-order valence-electron chi connectivity index (χ4n) is 2.47. The van der Waals surface area contributed by atoms with Crippen molar-refractivity contribution in [3.63, 3.8) is 0 Å². The van der Waals surface area contributed by atoms with Gasteiger partial charge in [0, 0.05) is 5.54 Å². The summed E-state index contributed by atoms with van der Waals surface area (Å²) in [6.45, 7) is 4.28. The van der Waals surface area contributed by atoms with E-state index in [0.29, 0.717) is 5.92 Å². The van der Waals surface area contributed by atoms with Crippen LogP contribution >= 0.6 is 0 Å². The van der Waals surface area contributed by atoms with Gasteiger partial charge in [0.1, 0.15) is 0 Å². The topological polar surface area (TPSA) is 23.5 Å². The maximum absolute atomic E-state index is 10.5. The van der Waals surface area contributed by atoms with Crippen LogP contribution in [0.15, 0.2) is 0 Å². The van der Waals surface area contributed by atoms with Crippen LogP contribution in [-0.2, 0) is 0 Å². The number of aliphatic hydroxyl groups is 1. The van der Waals surface area contributed by atoms with Gasteiger partial charge in [0.2, 0.25) is 0 Å². The fourth-order valence-corrected chi connectivity index (χ4v) is 2.47. The smallest absolute Gasteiger partial charge is 0.0746 e. The van der Waals surface area contributed by atoms with Crippen LogP contribution in [0.2, 0.25) is 0 Å². The molecule has 1 atom stereocenters. The highest BCUT2D eigenvalue weighted by molar-refractivity contribution is 4.90. The molecule has 0 aromatic rings. The molecule has 1 unspecified atom stereocenters. The molecule has 1 aliphatic rings. The third-order valence-electron chi connectivity index (χ3n) is 4.22. The second kappa shape index (κ2) is 5.31. The Balaban J connectivity index is 2.60. The Morgan fingerprint density at radius 1 is 1.07 bits per heavy atom. The van der Waals surface area contributed by atoms with Crippen LogP contribution in [-0.4, -0.2) is 35.7 Å². The van der Waals surface area contributed by atoms with Crippen LogP contribution in [0.3, 0.4) is 0 Å². The van der Waals surface area contributed by atoms with E-state index in [-0.39, 0.29) is 11.6 Å². The molecule has 1 N–H and O–H groups in total. The molecule has 1 fully saturated rings. The normalized spacial score (nSPS) is 22.8. The van der Waals surface area contributed by atoms with Gasteiger partial charge in [0.05, 0.1) is 6.10 Å². The van der Waals surface area contributed by atoms with Crippen molar-refractivity contribution < 1.29 is 5.11 Å². The Labute approximate surface area is 94.7 Å². The molecule has 0 heterocycles. The molecule has 0 aromatic carbocycles. The molecule has 2 nitrogen and oxygen atoms in total. The third kappa shape index (κ3) is 3.18. The van der Waals surface area contributed by atoms with Gasteiger partial charge in [0.15, 0.2) is 0 Å². The van der Waals surface area contributed by atoms with E-state index in [1.54, 1.807) is 0 Å². The van der Waals surface area contributed by atoms with E-state index in [0.717, 1.165) is 0 Å². The van der Waals surface area contributed by atoms with E-state index in [4.69, 9.17) is 0 Å². The highest BCUT2D eigenvalue weighted by atomic mass is 16.3. The van der Waals surface area contributed by atoms with Crippen molar-refractivity contribution in [1.82, 2.24) is 4.90 Å². The van der Waals surface area contributed by atoms with Gasteiger partial charge in [-0.3, -0.25) is 0 Å². The molecule has 0 amide bonds. The molecule has 0 saturated heterocycles. The van der Waals surface area contributed by atoms with E-state index in [1.165, 1.54) is 38.5 Å². The molecule has 0 bridgehead atoms. The average Bonchev–Trinajstić information content (AvgIpc) is 2.44. The molecular formula is C13H27NO. The summed E-state index contributed by atoms with van der Waals surface area (Å²) in [5.74, 6) is 0.505. The highest BCUT2D eigenvalue weighted by Crippen LogP contribution is 2.31. The number of hydrogen-bond acceptors (Lipinski definition) is 2. The Kier molecular flexibility index (Phi) is 4.60. The lowest BCUT2D eigenvalue weighted by atomic mass is 9.82. The van der Waals surface area contributed by atoms with Gasteiger partial charge in [0.25, 0.3) is 0 Å². The second-order valence-electron chi connectivity index (χ2n) is 5.74. The summed E-state index contributed by atoms with van der Waals surface area (Å²) in [5.41, 5.74) is -0.102. The number of aliphatic hydroxyl groups excluding tert-OH is 1. The van der Waals surface area contributed by atoms with Crippen molar-refractivity contribution in [2.24, 2.45) is 5.92 Å². The summed E-state index contributed by atoms with van der Waals surface area (Å²) in [5, 5.41) is 10.5. The first-order valence-corrected chi connectivity index (χ1v) is 6.31. The van der Waals surface area contributed by atoms with Crippen molar-refractivity contribution in [2.75, 3.05) is 14.1 Å². The molecule has 1 rings (SSSR count). The summed E-state index contributed by atoms with van der Waals surface area (Å²) in [6.07, 6.45) is 7.52. The van der Waals surface area contributed by atoms with Crippen LogP contribution in [0.1, 0.15) is 52.4 Å². The lowest BCUT2D eigenvalue weighted by Gasteiger charge is -2.41. The predicted octanol–water partition coefficient (Wildman–Crippen LogP) is 2.66. The Morgan fingerprint density at radius 2 is 1.53 bits per heavy atom. The minimum atomic E-state index is -0.189. The van der Waals surface area contributed by atoms with Crippen LogP contribution in [0.5, 0.6) is 0 Å². The standard InChI is InChI=1S/C13H27NO/c1-13(2,14(3)4)12(15)11-9-7-5-6-8-10-11/h11-12,15H,5-10H2,1-4H3. The zero-order valence-corrected chi connectivity index (χ0v) is 10.8. The number of nitrogens with zero attached hydrogens (tertiary/aromatic N) is 1. The lowest BCUT2D eigenvalue weighted by molar-refractivity contribution is -0.0252. The van der Waals surface area contributed by atoms with E-state index in [9.17, 15) is 5.11 Å². The van der Waals surface area contributed by atoms with Crippen molar-refractivity contribution in [3.05, 3.63) is 0 Å². The molecule has 90 valence electrons. The monoisotopic (exact) mass is 213 g/mol. The van der Waals surface area contributed by atoms with Gasteiger partial charge in [-0.15, -0.1) is 0 Å². The first kappa shape index (κ1) is 13.0. The predicted molar refractivity (Wildman–Crippen MR) is 65.0 cm³/mol. The Morgan fingerprint density at radius 3 is 1.93 bits per heavy atom. The van der Waals surface area contributed by atoms with Gasteiger partial charge in [-0.2, -0.15) is 0 Å². The average molecular weight is 213 g/mol. The number of likely N-dealkylation sites (N-methyl/N-ethyl adjacent to an activating group) is 1. The van der Waals surface area contributed by atoms with Crippen molar-refractivity contribution in [3.8, 4) is 0 Å². The fraction of sp³-hybridized carbons (Fsp3) is 1.00. The van der Waals surface area contributed by atoms with E-state index < -0.39 is 0 Å². The summed E-state index contributed by atoms with van der Waals surface area (Å²) in [6, 6.07) is 0. The van der Waals surface area contributed by atoms with Crippen molar-refractivity contribution in [2.45, 2.75) is 64.0 Å². The number of rotatable bonds is 3. The summed E-state index contributed by atoms with van der Waals surface area (Å²) in [4.78, 5) is 2.14. The first-order valence-electron chi connectivity index (χ1n) is 6.31. The van der Waals surface area contributed by atoms with E-state index in [2.05, 4.69) is 32.8 Å². The quantitative estimate of drug-likeness (QED) is 0.729. The maximum atomic E-state index is 10.5. The second-order valence-corrected chi connectivity index (χ2v) is 5.74. The Hall–Kier alpha value is -0.0800. The summed E-state index contributed by atoms with van der Waals surface area (Å²) >= 11 is 0. The Bertz CT molecular complexity index is 181. The van der Waals surface area contributed by atoms with Gasteiger partial charge in [-0.25, -0.2) is 0 Å². The van der Waals surface area contributed by atoms with Gasteiger partial charge in [-0.05, 0) is 46.7 Å². The van der Waals surface area contributed by atoms with Crippen LogP contribution in [0, 0.1) is 5.92 Å². The van der Waals surface area contributed by atoms with Crippen LogP contribution < -0.4 is 0 Å². The van der Waals surface area contributed by atoms with Crippen molar-refractivity contribution >= 4 is 0 Å². The molecule has 0 radical (unpaired) electrons. The molecule has 1 saturated carbocycles. The highest BCUT2D eigenvalue weighted by Gasteiger charge is 2.35. The minimum Gasteiger partial charge on any atom is -0.391 e. The minimum absolute atomic E-state index is 0.102. The zero-order valence-electron chi connectivity index (χ0n) is 10.8. The summed E-state index contributed by atoms with van der Waals surface area (Å²) < 4.78 is 0. The molecule has 15 heavy (non-hydrogen) atoms. The van der Waals surface area contributed by atoms with E-state index >= 15 is 0 Å². The van der Waals surface area contributed by atoms with Gasteiger partial charge >= 0.3 is 0 Å². The van der Waals surface area contributed by atoms with Gasteiger partial charge < -0.3 is 10.0 Å². The molecule has 0 aliphatic heterocycles. The maximum Gasteiger partial charge on any atom is 0.0746 e. The number of hydrogen-bond donors (Lipinski definition) is 1. The van der Waals surface area contributed by atoms with Crippen molar-refractivity contribution in [1.29, 1.82) is 0 Å². The first-order chi connectivity index (χ1) is 6.96. The summed E-state index contributed by atoms with van der Waals surface area (Å²) in [7, 11) is 4.11. The van der Waals surface area contributed by atoms with Crippen LogP contribution in [0.4, 0.5) is 0 Å². The third-order valence-corrected chi connectivity index (χ3v) is 4.22.